The predicted octanol–water partition coefficient (Wildman–Crippen LogP) is -1.55. The zero-order chi connectivity index (χ0) is 10.8. The summed E-state index contributed by atoms with van der Waals surface area (Å²) >= 11 is 0. The van der Waals surface area contributed by atoms with Gasteiger partial charge < -0.3 is 9.90 Å². The van der Waals surface area contributed by atoms with Crippen molar-refractivity contribution in [2.24, 2.45) is 0 Å². The SMILES string of the molecule is CCCCCCCCC(=O)CC(=O)[O-].[Na+]. The summed E-state index contributed by atoms with van der Waals surface area (Å²) in [6, 6.07) is 0. The number of Topliss-reactive ketones (excluding diaryl/α,β-unsaturated/α-hetero) is 1. The molecule has 3 nitrogen and oxygen atoms in total. The first-order valence-corrected chi connectivity index (χ1v) is 5.38. The van der Waals surface area contributed by atoms with E-state index in [1.807, 2.05) is 0 Å². The molecule has 0 rings (SSSR count). The maximum atomic E-state index is 10.9. The summed E-state index contributed by atoms with van der Waals surface area (Å²) in [7, 11) is 0. The Bertz CT molecular complexity index is 181. The number of aliphatic carboxylic acids is 1. The van der Waals surface area contributed by atoms with Crippen LogP contribution in [0.4, 0.5) is 0 Å². The molecule has 0 N–H and O–H groups in total. The third-order valence-electron chi connectivity index (χ3n) is 2.15. The molecule has 0 aliphatic carbocycles. The molecule has 0 amide bonds. The van der Waals surface area contributed by atoms with Crippen LogP contribution in [0.1, 0.15) is 58.3 Å². The van der Waals surface area contributed by atoms with Crippen LogP contribution in [-0.4, -0.2) is 11.8 Å². The number of carbonyl (C=O) groups is 2. The molecule has 0 bridgehead atoms. The van der Waals surface area contributed by atoms with Crippen LogP contribution in [-0.2, 0) is 9.59 Å². The minimum absolute atomic E-state index is 0. The fourth-order valence-corrected chi connectivity index (χ4v) is 1.35. The van der Waals surface area contributed by atoms with Crippen LogP contribution in [0.15, 0.2) is 0 Å². The number of carboxylic acids is 1. The van der Waals surface area contributed by atoms with Gasteiger partial charge in [-0.1, -0.05) is 39.0 Å². The quantitative estimate of drug-likeness (QED) is 0.270. The monoisotopic (exact) mass is 222 g/mol. The Kier molecular flexibility index (Phi) is 14.3. The van der Waals surface area contributed by atoms with Crippen LogP contribution in [0.3, 0.4) is 0 Å². The summed E-state index contributed by atoms with van der Waals surface area (Å²) in [6.07, 6.45) is 6.62. The van der Waals surface area contributed by atoms with Crippen molar-refractivity contribution in [3.05, 3.63) is 0 Å². The van der Waals surface area contributed by atoms with Crippen LogP contribution in [0.5, 0.6) is 0 Å². The topological polar surface area (TPSA) is 57.2 Å². The Balaban J connectivity index is 0. The molecule has 0 radical (unpaired) electrons. The van der Waals surface area contributed by atoms with Gasteiger partial charge in [-0.25, -0.2) is 0 Å². The standard InChI is InChI=1S/C11H20O3.Na/c1-2-3-4-5-6-7-8-10(12)9-11(13)14;/h2-9H2,1H3,(H,13,14);/q;+1/p-1. The first-order chi connectivity index (χ1) is 6.66. The summed E-state index contributed by atoms with van der Waals surface area (Å²) in [5.74, 6) is -1.47. The van der Waals surface area contributed by atoms with Crippen molar-refractivity contribution in [3.63, 3.8) is 0 Å². The summed E-state index contributed by atoms with van der Waals surface area (Å²) in [5, 5.41) is 10.1. The minimum Gasteiger partial charge on any atom is -0.550 e. The molecule has 0 aliphatic rings. The molecule has 0 aliphatic heterocycles. The summed E-state index contributed by atoms with van der Waals surface area (Å²) in [6.45, 7) is 2.16. The average molecular weight is 222 g/mol. The van der Waals surface area contributed by atoms with Crippen molar-refractivity contribution >= 4 is 11.8 Å². The largest absolute Gasteiger partial charge is 1.00 e. The van der Waals surface area contributed by atoms with Gasteiger partial charge in [0.05, 0.1) is 0 Å². The van der Waals surface area contributed by atoms with Crippen molar-refractivity contribution in [2.45, 2.75) is 58.3 Å². The van der Waals surface area contributed by atoms with Crippen LogP contribution in [0, 0.1) is 0 Å². The van der Waals surface area contributed by atoms with Gasteiger partial charge in [0, 0.05) is 18.8 Å². The molecule has 0 saturated heterocycles. The van der Waals surface area contributed by atoms with Gasteiger partial charge in [-0.15, -0.1) is 0 Å². The first kappa shape index (κ1) is 17.5. The van der Waals surface area contributed by atoms with Crippen LogP contribution in [0.2, 0.25) is 0 Å². The molecule has 0 heterocycles. The zero-order valence-corrected chi connectivity index (χ0v) is 11.9. The third kappa shape index (κ3) is 14.1. The Morgan fingerprint density at radius 2 is 1.53 bits per heavy atom. The van der Waals surface area contributed by atoms with Gasteiger partial charge in [-0.3, -0.25) is 4.79 Å². The molecule has 0 fully saturated rings. The molecule has 0 aromatic heterocycles. The van der Waals surface area contributed by atoms with E-state index >= 15 is 0 Å². The van der Waals surface area contributed by atoms with E-state index in [9.17, 15) is 14.7 Å². The Hall–Kier alpha value is 0.140. The molecular formula is C11H19NaO3. The van der Waals surface area contributed by atoms with Crippen molar-refractivity contribution in [1.29, 1.82) is 0 Å². The van der Waals surface area contributed by atoms with Crippen LogP contribution >= 0.6 is 0 Å². The van der Waals surface area contributed by atoms with Gasteiger partial charge >= 0.3 is 29.6 Å². The van der Waals surface area contributed by atoms with E-state index in [2.05, 4.69) is 6.92 Å². The van der Waals surface area contributed by atoms with Crippen molar-refractivity contribution in [2.75, 3.05) is 0 Å². The van der Waals surface area contributed by atoms with E-state index in [0.717, 1.165) is 19.3 Å². The van der Waals surface area contributed by atoms with Crippen molar-refractivity contribution in [3.8, 4) is 0 Å². The van der Waals surface area contributed by atoms with Gasteiger partial charge in [-0.05, 0) is 6.42 Å². The fourth-order valence-electron chi connectivity index (χ4n) is 1.35. The van der Waals surface area contributed by atoms with E-state index in [-0.39, 0.29) is 35.3 Å². The van der Waals surface area contributed by atoms with E-state index in [1.165, 1.54) is 19.3 Å². The van der Waals surface area contributed by atoms with Crippen LogP contribution < -0.4 is 34.7 Å². The van der Waals surface area contributed by atoms with Gasteiger partial charge in [0.1, 0.15) is 5.78 Å². The normalized spacial score (nSPS) is 9.40. The number of hydrogen-bond donors (Lipinski definition) is 0. The van der Waals surface area contributed by atoms with Crippen molar-refractivity contribution < 1.29 is 44.3 Å². The Labute approximate surface area is 114 Å². The first-order valence-electron chi connectivity index (χ1n) is 5.38. The zero-order valence-electron chi connectivity index (χ0n) is 9.88. The number of unbranched alkanes of at least 4 members (excludes halogenated alkanes) is 5. The molecule has 82 valence electrons. The third-order valence-corrected chi connectivity index (χ3v) is 2.15. The summed E-state index contributed by atoms with van der Waals surface area (Å²) in [5.41, 5.74) is 0. The molecule has 0 spiro atoms. The number of carboxylic acid groups (broad SMARTS) is 1. The summed E-state index contributed by atoms with van der Waals surface area (Å²) < 4.78 is 0. The van der Waals surface area contributed by atoms with Gasteiger partial charge in [-0.2, -0.15) is 0 Å². The smallest absolute Gasteiger partial charge is 0.550 e. The Morgan fingerprint density at radius 3 is 2.07 bits per heavy atom. The predicted molar refractivity (Wildman–Crippen MR) is 52.6 cm³/mol. The average Bonchev–Trinajstić information content (AvgIpc) is 2.10. The van der Waals surface area contributed by atoms with E-state index in [1.54, 1.807) is 0 Å². The molecule has 15 heavy (non-hydrogen) atoms. The molecular weight excluding hydrogens is 203 g/mol. The van der Waals surface area contributed by atoms with Gasteiger partial charge in [0.25, 0.3) is 0 Å². The number of carbonyl (C=O) groups excluding carboxylic acids is 2. The molecule has 0 saturated carbocycles. The molecule has 0 aromatic rings. The second-order valence-electron chi connectivity index (χ2n) is 3.61. The second kappa shape index (κ2) is 12.2. The van der Waals surface area contributed by atoms with Gasteiger partial charge in [0.15, 0.2) is 0 Å². The molecule has 0 aromatic carbocycles. The molecule has 0 atom stereocenters. The number of rotatable bonds is 9. The minimum atomic E-state index is -1.26. The number of ketones is 1. The van der Waals surface area contributed by atoms with E-state index < -0.39 is 12.4 Å². The molecule has 4 heteroatoms. The van der Waals surface area contributed by atoms with Gasteiger partial charge in [0.2, 0.25) is 0 Å². The van der Waals surface area contributed by atoms with E-state index in [4.69, 9.17) is 0 Å². The second-order valence-corrected chi connectivity index (χ2v) is 3.61. The number of hydrogen-bond acceptors (Lipinski definition) is 3. The maximum Gasteiger partial charge on any atom is 1.00 e. The van der Waals surface area contributed by atoms with E-state index in [0.29, 0.717) is 6.42 Å². The van der Waals surface area contributed by atoms with Crippen LogP contribution in [0.25, 0.3) is 0 Å². The maximum absolute atomic E-state index is 10.9. The Morgan fingerprint density at radius 1 is 1.00 bits per heavy atom. The van der Waals surface area contributed by atoms with Crippen molar-refractivity contribution in [1.82, 2.24) is 0 Å². The molecule has 0 unspecified atom stereocenters. The fraction of sp³-hybridized carbons (Fsp3) is 0.818. The summed E-state index contributed by atoms with van der Waals surface area (Å²) in [4.78, 5) is 21.0.